The topological polar surface area (TPSA) is 52.3 Å². The van der Waals surface area contributed by atoms with E-state index >= 15 is 0 Å². The molecule has 0 aromatic carbocycles. The molecule has 2 atom stereocenters. The van der Waals surface area contributed by atoms with Crippen molar-refractivity contribution < 1.29 is 9.53 Å². The first-order valence-corrected chi connectivity index (χ1v) is 4.19. The largest absolute Gasteiger partial charge is 0.466 e. The molecule has 0 radical (unpaired) electrons. The minimum atomic E-state index is -0.353. The van der Waals surface area contributed by atoms with Gasteiger partial charge >= 0.3 is 5.97 Å². The van der Waals surface area contributed by atoms with Crippen LogP contribution in [0.4, 0.5) is 0 Å². The number of hydrogen-bond acceptors (Lipinski definition) is 3. The minimum Gasteiger partial charge on any atom is -0.466 e. The van der Waals surface area contributed by atoms with Gasteiger partial charge in [0.25, 0.3) is 0 Å². The molecule has 3 heteroatoms. The van der Waals surface area contributed by atoms with Gasteiger partial charge in [-0.25, -0.2) is 0 Å². The molecule has 1 rings (SSSR count). The minimum absolute atomic E-state index is 0.204. The lowest BCUT2D eigenvalue weighted by Gasteiger charge is -2.08. The molecular weight excluding hydrogens is 154 g/mol. The second-order valence-corrected chi connectivity index (χ2v) is 3.26. The van der Waals surface area contributed by atoms with E-state index < -0.39 is 0 Å². The van der Waals surface area contributed by atoms with Crippen LogP contribution in [0, 0.1) is 5.92 Å². The van der Waals surface area contributed by atoms with Crippen molar-refractivity contribution in [1.82, 2.24) is 0 Å². The molecule has 0 spiro atoms. The molecule has 0 saturated heterocycles. The third-order valence-electron chi connectivity index (χ3n) is 2.24. The molecular formula is C9H15NO2. The molecule has 1 aliphatic carbocycles. The lowest BCUT2D eigenvalue weighted by molar-refractivity contribution is -0.143. The fraction of sp³-hybridized carbons (Fsp3) is 0.667. The summed E-state index contributed by atoms with van der Waals surface area (Å²) in [4.78, 5) is 11.0. The van der Waals surface area contributed by atoms with Gasteiger partial charge < -0.3 is 10.5 Å². The van der Waals surface area contributed by atoms with E-state index in [1.54, 1.807) is 13.0 Å². The molecule has 0 aromatic rings. The Hall–Kier alpha value is -0.830. The number of hydrogen-bond donors (Lipinski definition) is 1. The van der Waals surface area contributed by atoms with Crippen LogP contribution >= 0.6 is 0 Å². The highest BCUT2D eigenvalue weighted by Gasteiger charge is 2.50. The van der Waals surface area contributed by atoms with Crippen LogP contribution in [0.15, 0.2) is 12.7 Å². The molecule has 0 bridgehead atoms. The zero-order chi connectivity index (χ0) is 9.19. The Morgan fingerprint density at radius 1 is 1.92 bits per heavy atom. The smallest absolute Gasteiger partial charge is 0.307 e. The molecule has 1 fully saturated rings. The highest BCUT2D eigenvalue weighted by molar-refractivity contribution is 5.71. The van der Waals surface area contributed by atoms with Crippen LogP contribution in [-0.2, 0) is 9.53 Å². The highest BCUT2D eigenvalue weighted by atomic mass is 16.5. The van der Waals surface area contributed by atoms with Crippen LogP contribution in [0.2, 0.25) is 0 Å². The molecule has 0 aromatic heterocycles. The summed E-state index contributed by atoms with van der Waals surface area (Å²) in [6.45, 7) is 5.85. The first kappa shape index (κ1) is 9.26. The third-order valence-corrected chi connectivity index (χ3v) is 2.24. The van der Waals surface area contributed by atoms with E-state index in [9.17, 15) is 4.79 Å². The first-order chi connectivity index (χ1) is 5.62. The normalized spacial score (nSPS) is 32.7. The van der Waals surface area contributed by atoms with Crippen molar-refractivity contribution in [3.05, 3.63) is 12.7 Å². The van der Waals surface area contributed by atoms with Gasteiger partial charge in [0.05, 0.1) is 13.0 Å². The Kier molecular flexibility index (Phi) is 2.52. The molecule has 2 unspecified atom stereocenters. The lowest BCUT2D eigenvalue weighted by Crippen LogP contribution is -2.29. The maximum Gasteiger partial charge on any atom is 0.307 e. The predicted molar refractivity (Wildman–Crippen MR) is 46.5 cm³/mol. The van der Waals surface area contributed by atoms with Gasteiger partial charge in [0.2, 0.25) is 0 Å². The molecule has 1 saturated carbocycles. The number of carbonyl (C=O) groups is 1. The summed E-state index contributed by atoms with van der Waals surface area (Å²) in [6, 6.07) is 0. The van der Waals surface area contributed by atoms with Gasteiger partial charge in [-0.15, -0.1) is 6.58 Å². The van der Waals surface area contributed by atoms with Gasteiger partial charge in [-0.1, -0.05) is 6.08 Å². The zero-order valence-corrected chi connectivity index (χ0v) is 7.38. The Balaban J connectivity index is 2.32. The Morgan fingerprint density at radius 3 is 3.00 bits per heavy atom. The molecule has 0 heterocycles. The summed E-state index contributed by atoms with van der Waals surface area (Å²) in [5, 5.41) is 0. The van der Waals surface area contributed by atoms with Crippen molar-refractivity contribution in [2.24, 2.45) is 11.7 Å². The SMILES string of the molecule is C=CC1CC1(N)CC(=O)OCC. The summed E-state index contributed by atoms with van der Waals surface area (Å²) < 4.78 is 4.80. The predicted octanol–water partition coefficient (Wildman–Crippen LogP) is 0.843. The van der Waals surface area contributed by atoms with E-state index in [4.69, 9.17) is 10.5 Å². The number of carbonyl (C=O) groups excluding carboxylic acids is 1. The fourth-order valence-electron chi connectivity index (χ4n) is 1.35. The maximum atomic E-state index is 11.0. The summed E-state index contributed by atoms with van der Waals surface area (Å²) >= 11 is 0. The van der Waals surface area contributed by atoms with E-state index in [-0.39, 0.29) is 11.5 Å². The van der Waals surface area contributed by atoms with Gasteiger partial charge in [-0.3, -0.25) is 4.79 Å². The van der Waals surface area contributed by atoms with Crippen LogP contribution < -0.4 is 5.73 Å². The number of esters is 1. The van der Waals surface area contributed by atoms with E-state index in [1.807, 2.05) is 0 Å². The van der Waals surface area contributed by atoms with Crippen molar-refractivity contribution in [1.29, 1.82) is 0 Å². The lowest BCUT2D eigenvalue weighted by atomic mass is 10.1. The highest BCUT2D eigenvalue weighted by Crippen LogP contribution is 2.44. The molecule has 1 aliphatic rings. The first-order valence-electron chi connectivity index (χ1n) is 4.19. The molecule has 2 N–H and O–H groups in total. The molecule has 0 aliphatic heterocycles. The van der Waals surface area contributed by atoms with Gasteiger partial charge in [0.1, 0.15) is 0 Å². The Bertz CT molecular complexity index is 203. The molecule has 3 nitrogen and oxygen atoms in total. The standard InChI is InChI=1S/C9H15NO2/c1-3-7-5-9(7,10)6-8(11)12-4-2/h3,7H,1,4-6,10H2,2H3. The molecule has 0 amide bonds. The van der Waals surface area contributed by atoms with E-state index in [2.05, 4.69) is 6.58 Å². The van der Waals surface area contributed by atoms with Crippen molar-refractivity contribution in [2.45, 2.75) is 25.3 Å². The third kappa shape index (κ3) is 1.85. The summed E-state index contributed by atoms with van der Waals surface area (Å²) in [7, 11) is 0. The monoisotopic (exact) mass is 169 g/mol. The molecule has 68 valence electrons. The Labute approximate surface area is 72.6 Å². The van der Waals surface area contributed by atoms with Gasteiger partial charge in [-0.2, -0.15) is 0 Å². The quantitative estimate of drug-likeness (QED) is 0.501. The fourth-order valence-corrected chi connectivity index (χ4v) is 1.35. The second kappa shape index (κ2) is 3.27. The van der Waals surface area contributed by atoms with Crippen LogP contribution in [0.25, 0.3) is 0 Å². The van der Waals surface area contributed by atoms with Gasteiger partial charge in [0, 0.05) is 5.54 Å². The number of ether oxygens (including phenoxy) is 1. The summed E-state index contributed by atoms with van der Waals surface area (Å²) in [5.74, 6) is 0.0891. The maximum absolute atomic E-state index is 11.0. The van der Waals surface area contributed by atoms with Gasteiger partial charge in [0.15, 0.2) is 0 Å². The van der Waals surface area contributed by atoms with Crippen LogP contribution in [-0.4, -0.2) is 18.1 Å². The van der Waals surface area contributed by atoms with Crippen molar-refractivity contribution in [3.8, 4) is 0 Å². The van der Waals surface area contributed by atoms with Crippen LogP contribution in [0.5, 0.6) is 0 Å². The Morgan fingerprint density at radius 2 is 2.58 bits per heavy atom. The average Bonchev–Trinajstić information content (AvgIpc) is 2.61. The summed E-state index contributed by atoms with van der Waals surface area (Å²) in [5.41, 5.74) is 5.51. The second-order valence-electron chi connectivity index (χ2n) is 3.26. The van der Waals surface area contributed by atoms with Crippen molar-refractivity contribution in [2.75, 3.05) is 6.61 Å². The molecule has 12 heavy (non-hydrogen) atoms. The van der Waals surface area contributed by atoms with E-state index in [0.29, 0.717) is 18.9 Å². The van der Waals surface area contributed by atoms with E-state index in [1.165, 1.54) is 0 Å². The van der Waals surface area contributed by atoms with Crippen molar-refractivity contribution >= 4 is 5.97 Å². The average molecular weight is 169 g/mol. The number of nitrogens with two attached hydrogens (primary N) is 1. The van der Waals surface area contributed by atoms with E-state index in [0.717, 1.165) is 6.42 Å². The van der Waals surface area contributed by atoms with Crippen LogP contribution in [0.3, 0.4) is 0 Å². The summed E-state index contributed by atoms with van der Waals surface area (Å²) in [6.07, 6.45) is 2.98. The van der Waals surface area contributed by atoms with Gasteiger partial charge in [-0.05, 0) is 19.3 Å². The zero-order valence-electron chi connectivity index (χ0n) is 7.38. The van der Waals surface area contributed by atoms with Crippen molar-refractivity contribution in [3.63, 3.8) is 0 Å². The number of rotatable bonds is 4. The van der Waals surface area contributed by atoms with Crippen LogP contribution in [0.1, 0.15) is 19.8 Å².